The monoisotopic (exact) mass is 221 g/mol. The van der Waals surface area contributed by atoms with Crippen molar-refractivity contribution >= 4 is 0 Å². The Morgan fingerprint density at radius 1 is 1.25 bits per heavy atom. The Bertz CT molecular complexity index is 317. The highest BCUT2D eigenvalue weighted by molar-refractivity contribution is 5.30. The fraction of sp³-hybridized carbons (Fsp3) is 0.571. The standard InChI is InChI=1S/C14H23NO/c1-5-15-14(10-16-4)9-13-7-6-11(2)12(3)8-13/h6-8,14-15H,5,9-10H2,1-4H3. The maximum Gasteiger partial charge on any atom is 0.0619 e. The van der Waals surface area contributed by atoms with E-state index in [0.29, 0.717) is 6.04 Å². The van der Waals surface area contributed by atoms with Crippen LogP contribution in [0.5, 0.6) is 0 Å². The summed E-state index contributed by atoms with van der Waals surface area (Å²) < 4.78 is 5.22. The Morgan fingerprint density at radius 2 is 2.00 bits per heavy atom. The van der Waals surface area contributed by atoms with Crippen molar-refractivity contribution in [3.63, 3.8) is 0 Å². The molecule has 16 heavy (non-hydrogen) atoms. The highest BCUT2D eigenvalue weighted by Gasteiger charge is 2.08. The van der Waals surface area contributed by atoms with E-state index in [9.17, 15) is 0 Å². The molecular formula is C14H23NO. The summed E-state index contributed by atoms with van der Waals surface area (Å²) in [5, 5.41) is 3.44. The Hall–Kier alpha value is -0.860. The van der Waals surface area contributed by atoms with E-state index in [4.69, 9.17) is 4.74 Å². The lowest BCUT2D eigenvalue weighted by Gasteiger charge is -2.17. The topological polar surface area (TPSA) is 21.3 Å². The number of nitrogens with one attached hydrogen (secondary N) is 1. The molecule has 1 aromatic rings. The molecule has 0 bridgehead atoms. The molecule has 0 saturated heterocycles. The van der Waals surface area contributed by atoms with Crippen LogP contribution < -0.4 is 5.32 Å². The molecule has 0 fully saturated rings. The number of aryl methyl sites for hydroxylation is 2. The molecule has 0 amide bonds. The van der Waals surface area contributed by atoms with Crippen LogP contribution in [-0.4, -0.2) is 26.3 Å². The van der Waals surface area contributed by atoms with Crippen molar-refractivity contribution in [2.75, 3.05) is 20.3 Å². The minimum absolute atomic E-state index is 0.414. The van der Waals surface area contributed by atoms with E-state index in [0.717, 1.165) is 19.6 Å². The Labute approximate surface area is 99.0 Å². The molecule has 2 nitrogen and oxygen atoms in total. The summed E-state index contributed by atoms with van der Waals surface area (Å²) in [4.78, 5) is 0. The average molecular weight is 221 g/mol. The first kappa shape index (κ1) is 13.2. The van der Waals surface area contributed by atoms with Gasteiger partial charge in [-0.3, -0.25) is 0 Å². The molecule has 0 aromatic heterocycles. The number of hydrogen-bond acceptors (Lipinski definition) is 2. The summed E-state index contributed by atoms with van der Waals surface area (Å²) in [6.07, 6.45) is 1.03. The van der Waals surface area contributed by atoms with Crippen molar-refractivity contribution in [3.8, 4) is 0 Å². The summed E-state index contributed by atoms with van der Waals surface area (Å²) in [7, 11) is 1.75. The third-order valence-electron chi connectivity index (χ3n) is 2.91. The number of methoxy groups -OCH3 is 1. The van der Waals surface area contributed by atoms with E-state index in [1.54, 1.807) is 7.11 Å². The van der Waals surface area contributed by atoms with Gasteiger partial charge in [0, 0.05) is 13.2 Å². The average Bonchev–Trinajstić information content (AvgIpc) is 2.24. The zero-order valence-corrected chi connectivity index (χ0v) is 10.8. The first-order chi connectivity index (χ1) is 7.67. The van der Waals surface area contributed by atoms with Crippen LogP contribution in [0.4, 0.5) is 0 Å². The molecule has 0 radical (unpaired) electrons. The lowest BCUT2D eigenvalue weighted by atomic mass is 10.0. The largest absolute Gasteiger partial charge is 0.383 e. The summed E-state index contributed by atoms with van der Waals surface area (Å²) in [5.74, 6) is 0. The van der Waals surface area contributed by atoms with Crippen LogP contribution in [-0.2, 0) is 11.2 Å². The van der Waals surface area contributed by atoms with Gasteiger partial charge in [0.05, 0.1) is 6.61 Å². The van der Waals surface area contributed by atoms with Crippen molar-refractivity contribution in [1.82, 2.24) is 5.32 Å². The number of ether oxygens (including phenoxy) is 1. The van der Waals surface area contributed by atoms with Crippen molar-refractivity contribution in [2.45, 2.75) is 33.2 Å². The maximum absolute atomic E-state index is 5.22. The van der Waals surface area contributed by atoms with Gasteiger partial charge in [0.1, 0.15) is 0 Å². The van der Waals surface area contributed by atoms with Gasteiger partial charge in [-0.1, -0.05) is 25.1 Å². The molecule has 2 heteroatoms. The lowest BCUT2D eigenvalue weighted by Crippen LogP contribution is -2.34. The third kappa shape index (κ3) is 3.95. The molecule has 0 aliphatic carbocycles. The van der Waals surface area contributed by atoms with Crippen molar-refractivity contribution in [3.05, 3.63) is 34.9 Å². The third-order valence-corrected chi connectivity index (χ3v) is 2.91. The van der Waals surface area contributed by atoms with Gasteiger partial charge in [0.15, 0.2) is 0 Å². The van der Waals surface area contributed by atoms with Gasteiger partial charge in [0.2, 0.25) is 0 Å². The molecule has 0 aliphatic heterocycles. The first-order valence-corrected chi connectivity index (χ1v) is 5.95. The predicted molar refractivity (Wildman–Crippen MR) is 69.0 cm³/mol. The van der Waals surface area contributed by atoms with Crippen LogP contribution in [0, 0.1) is 13.8 Å². The summed E-state index contributed by atoms with van der Waals surface area (Å²) >= 11 is 0. The fourth-order valence-corrected chi connectivity index (χ4v) is 1.89. The molecule has 1 N–H and O–H groups in total. The molecular weight excluding hydrogens is 198 g/mol. The molecule has 0 aliphatic rings. The zero-order chi connectivity index (χ0) is 12.0. The molecule has 0 spiro atoms. The maximum atomic E-state index is 5.22. The Kier molecular flexibility index (Phi) is 5.50. The van der Waals surface area contributed by atoms with Gasteiger partial charge in [-0.25, -0.2) is 0 Å². The van der Waals surface area contributed by atoms with Gasteiger partial charge in [0.25, 0.3) is 0 Å². The van der Waals surface area contributed by atoms with Crippen molar-refractivity contribution < 1.29 is 4.74 Å². The van der Waals surface area contributed by atoms with Gasteiger partial charge in [-0.15, -0.1) is 0 Å². The molecule has 0 heterocycles. The second kappa shape index (κ2) is 6.66. The normalized spacial score (nSPS) is 12.8. The Balaban J connectivity index is 2.65. The number of likely N-dealkylation sites (N-methyl/N-ethyl adjacent to an activating group) is 1. The number of benzene rings is 1. The number of hydrogen-bond donors (Lipinski definition) is 1. The lowest BCUT2D eigenvalue weighted by molar-refractivity contribution is 0.167. The highest BCUT2D eigenvalue weighted by Crippen LogP contribution is 2.11. The van der Waals surface area contributed by atoms with Gasteiger partial charge in [-0.2, -0.15) is 0 Å². The molecule has 1 atom stereocenters. The second-order valence-electron chi connectivity index (χ2n) is 4.33. The minimum atomic E-state index is 0.414. The summed E-state index contributed by atoms with van der Waals surface area (Å²) in [5.41, 5.74) is 4.10. The van der Waals surface area contributed by atoms with Gasteiger partial charge >= 0.3 is 0 Å². The minimum Gasteiger partial charge on any atom is -0.383 e. The van der Waals surface area contributed by atoms with Gasteiger partial charge in [-0.05, 0) is 43.5 Å². The number of rotatable bonds is 6. The Morgan fingerprint density at radius 3 is 2.56 bits per heavy atom. The second-order valence-corrected chi connectivity index (χ2v) is 4.33. The van der Waals surface area contributed by atoms with E-state index in [1.165, 1.54) is 16.7 Å². The zero-order valence-electron chi connectivity index (χ0n) is 10.8. The van der Waals surface area contributed by atoms with Gasteiger partial charge < -0.3 is 10.1 Å². The molecule has 0 saturated carbocycles. The van der Waals surface area contributed by atoms with Crippen LogP contribution in [0.15, 0.2) is 18.2 Å². The van der Waals surface area contributed by atoms with Crippen molar-refractivity contribution in [1.29, 1.82) is 0 Å². The fourth-order valence-electron chi connectivity index (χ4n) is 1.89. The molecule has 90 valence electrons. The molecule has 1 unspecified atom stereocenters. The first-order valence-electron chi connectivity index (χ1n) is 5.95. The smallest absolute Gasteiger partial charge is 0.0619 e. The van der Waals surface area contributed by atoms with E-state index in [1.807, 2.05) is 0 Å². The molecule has 1 aromatic carbocycles. The van der Waals surface area contributed by atoms with E-state index in [2.05, 4.69) is 44.3 Å². The van der Waals surface area contributed by atoms with Crippen molar-refractivity contribution in [2.24, 2.45) is 0 Å². The van der Waals surface area contributed by atoms with Crippen LogP contribution in [0.25, 0.3) is 0 Å². The van der Waals surface area contributed by atoms with Crippen LogP contribution >= 0.6 is 0 Å². The van der Waals surface area contributed by atoms with Crippen LogP contribution in [0.1, 0.15) is 23.6 Å². The van der Waals surface area contributed by atoms with E-state index < -0.39 is 0 Å². The summed E-state index contributed by atoms with van der Waals surface area (Å²) in [6, 6.07) is 7.09. The molecule has 1 rings (SSSR count). The predicted octanol–water partition coefficient (Wildman–Crippen LogP) is 2.47. The highest BCUT2D eigenvalue weighted by atomic mass is 16.5. The van der Waals surface area contributed by atoms with Crippen LogP contribution in [0.3, 0.4) is 0 Å². The quantitative estimate of drug-likeness (QED) is 0.797. The summed E-state index contributed by atoms with van der Waals surface area (Å²) in [6.45, 7) is 8.19. The van der Waals surface area contributed by atoms with Crippen LogP contribution in [0.2, 0.25) is 0 Å². The SMILES string of the molecule is CCNC(COC)Cc1ccc(C)c(C)c1. The van der Waals surface area contributed by atoms with E-state index >= 15 is 0 Å². The van der Waals surface area contributed by atoms with E-state index in [-0.39, 0.29) is 0 Å².